The van der Waals surface area contributed by atoms with E-state index in [9.17, 15) is 0 Å². The molecule has 0 aliphatic heterocycles. The fourth-order valence-corrected chi connectivity index (χ4v) is 6.06. The van der Waals surface area contributed by atoms with Crippen molar-refractivity contribution in [2.45, 2.75) is 0 Å². The van der Waals surface area contributed by atoms with E-state index in [2.05, 4.69) is 97.1 Å². The minimum absolute atomic E-state index is 0.617. The van der Waals surface area contributed by atoms with Crippen LogP contribution in [0.1, 0.15) is 0 Å². The molecular formula is C26H16IrN2. The molecule has 0 saturated carbocycles. The van der Waals surface area contributed by atoms with E-state index in [4.69, 9.17) is 9.97 Å². The minimum atomic E-state index is -0.617. The molecule has 2 heterocycles. The fourth-order valence-electron chi connectivity index (χ4n) is 3.83. The third-order valence-corrected chi connectivity index (χ3v) is 7.81. The van der Waals surface area contributed by atoms with Crippen LogP contribution in [-0.4, -0.2) is 9.97 Å². The average molecular weight is 549 g/mol. The molecule has 0 spiro atoms. The van der Waals surface area contributed by atoms with Crippen molar-refractivity contribution in [3.8, 4) is 0 Å². The molecule has 0 aliphatic carbocycles. The maximum absolute atomic E-state index is 5.06. The first kappa shape index (κ1) is 16.8. The van der Waals surface area contributed by atoms with Gasteiger partial charge in [-0.05, 0) is 0 Å². The van der Waals surface area contributed by atoms with Crippen molar-refractivity contribution in [1.29, 1.82) is 0 Å². The van der Waals surface area contributed by atoms with Gasteiger partial charge in [-0.25, -0.2) is 0 Å². The van der Waals surface area contributed by atoms with Gasteiger partial charge in [0.05, 0.1) is 0 Å². The van der Waals surface area contributed by atoms with E-state index < -0.39 is 17.7 Å². The predicted molar refractivity (Wildman–Crippen MR) is 118 cm³/mol. The Morgan fingerprint density at radius 3 is 1.34 bits per heavy atom. The summed E-state index contributed by atoms with van der Waals surface area (Å²) in [4.78, 5) is 10.1. The molecule has 139 valence electrons. The van der Waals surface area contributed by atoms with Crippen molar-refractivity contribution in [1.82, 2.24) is 9.97 Å². The number of hydrogen-bond donors (Lipinski definition) is 0. The number of nitrogens with zero attached hydrogens (tertiary/aromatic N) is 2. The summed E-state index contributed by atoms with van der Waals surface area (Å²) in [6.07, 6.45) is 0. The number of fused-ring (bicyclic) bond motifs is 6. The first-order chi connectivity index (χ1) is 14.3. The molecule has 2 aromatic heterocycles. The number of benzene rings is 4. The summed E-state index contributed by atoms with van der Waals surface area (Å²) < 4.78 is 2.34. The third kappa shape index (κ3) is 2.91. The number of aromatic nitrogens is 2. The van der Waals surface area contributed by atoms with Gasteiger partial charge in [0.1, 0.15) is 0 Å². The van der Waals surface area contributed by atoms with Gasteiger partial charge >= 0.3 is 176 Å². The van der Waals surface area contributed by atoms with Gasteiger partial charge in [0.2, 0.25) is 0 Å². The molecule has 0 unspecified atom stereocenters. The predicted octanol–water partition coefficient (Wildman–Crippen LogP) is 5.12. The van der Waals surface area contributed by atoms with Crippen LogP contribution in [0.15, 0.2) is 97.1 Å². The van der Waals surface area contributed by atoms with Gasteiger partial charge in [-0.2, -0.15) is 0 Å². The molecule has 6 aromatic rings. The van der Waals surface area contributed by atoms with E-state index in [0.29, 0.717) is 0 Å². The van der Waals surface area contributed by atoms with Crippen LogP contribution in [0.2, 0.25) is 0 Å². The second kappa shape index (κ2) is 6.73. The molecule has 0 saturated heterocycles. The van der Waals surface area contributed by atoms with Gasteiger partial charge in [-0.1, -0.05) is 0 Å². The molecule has 0 fully saturated rings. The van der Waals surface area contributed by atoms with Crippen LogP contribution in [0.3, 0.4) is 0 Å². The molecule has 0 N–H and O–H groups in total. The van der Waals surface area contributed by atoms with E-state index in [-0.39, 0.29) is 0 Å². The zero-order valence-electron chi connectivity index (χ0n) is 15.5. The van der Waals surface area contributed by atoms with Crippen LogP contribution in [0.4, 0.5) is 0 Å². The maximum atomic E-state index is 5.06. The molecule has 0 amide bonds. The molecule has 0 atom stereocenters. The molecular weight excluding hydrogens is 533 g/mol. The molecule has 2 nitrogen and oxygen atoms in total. The Morgan fingerprint density at radius 2 is 0.828 bits per heavy atom. The molecule has 4 aromatic carbocycles. The summed E-state index contributed by atoms with van der Waals surface area (Å²) in [6.45, 7) is 0. The quantitative estimate of drug-likeness (QED) is 0.281. The van der Waals surface area contributed by atoms with Crippen molar-refractivity contribution < 1.29 is 17.7 Å². The molecule has 0 aliphatic rings. The normalized spacial score (nSPS) is 11.7. The Bertz CT molecular complexity index is 1420. The standard InChI is InChI=1S/2C13H8N.Ir/c2*1-2-6-12-10(4-1)7-8-11-5-3-9-14-13(11)12;/h2*1-8H;. The van der Waals surface area contributed by atoms with E-state index in [1.54, 1.807) is 0 Å². The molecule has 29 heavy (non-hydrogen) atoms. The van der Waals surface area contributed by atoms with Crippen LogP contribution in [0.25, 0.3) is 43.4 Å². The van der Waals surface area contributed by atoms with Crippen LogP contribution >= 0.6 is 0 Å². The van der Waals surface area contributed by atoms with Gasteiger partial charge < -0.3 is 0 Å². The van der Waals surface area contributed by atoms with E-state index in [1.165, 1.54) is 40.7 Å². The topological polar surface area (TPSA) is 25.8 Å². The van der Waals surface area contributed by atoms with Crippen LogP contribution in [0.5, 0.6) is 0 Å². The summed E-state index contributed by atoms with van der Waals surface area (Å²) in [5.41, 5.74) is 2.19. The van der Waals surface area contributed by atoms with Crippen molar-refractivity contribution in [3.05, 3.63) is 97.1 Å². The monoisotopic (exact) mass is 549 g/mol. The second-order valence-electron chi connectivity index (χ2n) is 7.02. The second-order valence-corrected chi connectivity index (χ2v) is 10.1. The van der Waals surface area contributed by atoms with E-state index in [0.717, 1.165) is 11.0 Å². The first-order valence-electron chi connectivity index (χ1n) is 9.53. The summed E-state index contributed by atoms with van der Waals surface area (Å²) in [5.74, 6) is 0. The molecule has 0 bridgehead atoms. The van der Waals surface area contributed by atoms with Gasteiger partial charge in [0, 0.05) is 0 Å². The van der Waals surface area contributed by atoms with Crippen LogP contribution in [0, 0.1) is 0 Å². The SMILES string of the molecule is c1ccc2c(c1)ccc1cc[c]([Ir][c]3ccc4ccc5ccccc5c4n3)nc12. The zero-order valence-corrected chi connectivity index (χ0v) is 17.9. The zero-order chi connectivity index (χ0) is 19.2. The third-order valence-electron chi connectivity index (χ3n) is 5.25. The number of pyridine rings is 2. The summed E-state index contributed by atoms with van der Waals surface area (Å²) in [6, 6.07) is 34.4. The van der Waals surface area contributed by atoms with E-state index in [1.807, 2.05) is 0 Å². The Balaban J connectivity index is 1.48. The van der Waals surface area contributed by atoms with Crippen LogP contribution in [-0.2, 0) is 17.7 Å². The summed E-state index contributed by atoms with van der Waals surface area (Å²) >= 11 is -0.617. The first-order valence-corrected chi connectivity index (χ1v) is 11.9. The number of hydrogen-bond acceptors (Lipinski definition) is 2. The Morgan fingerprint density at radius 1 is 0.414 bits per heavy atom. The van der Waals surface area contributed by atoms with Crippen molar-refractivity contribution in [2.24, 2.45) is 0 Å². The molecule has 3 heteroatoms. The Labute approximate surface area is 176 Å². The van der Waals surface area contributed by atoms with Crippen molar-refractivity contribution in [3.63, 3.8) is 0 Å². The van der Waals surface area contributed by atoms with Crippen LogP contribution < -0.4 is 8.42 Å². The summed E-state index contributed by atoms with van der Waals surface area (Å²) in [7, 11) is 0. The fraction of sp³-hybridized carbons (Fsp3) is 0. The van der Waals surface area contributed by atoms with Gasteiger partial charge in [0.25, 0.3) is 0 Å². The Kier molecular flexibility index (Phi) is 3.90. The van der Waals surface area contributed by atoms with Gasteiger partial charge in [0.15, 0.2) is 0 Å². The van der Waals surface area contributed by atoms with Gasteiger partial charge in [-0.15, -0.1) is 0 Å². The molecule has 6 rings (SSSR count). The van der Waals surface area contributed by atoms with Crippen molar-refractivity contribution in [2.75, 3.05) is 0 Å². The number of rotatable bonds is 2. The van der Waals surface area contributed by atoms with E-state index >= 15 is 0 Å². The average Bonchev–Trinajstić information content (AvgIpc) is 2.79. The molecule has 0 radical (unpaired) electrons. The Hall–Kier alpha value is -3.13. The van der Waals surface area contributed by atoms with Crippen molar-refractivity contribution >= 4 is 51.8 Å². The summed E-state index contributed by atoms with van der Waals surface area (Å²) in [5, 5.41) is 7.29. The van der Waals surface area contributed by atoms with Gasteiger partial charge in [-0.3, -0.25) is 0 Å².